The highest BCUT2D eigenvalue weighted by molar-refractivity contribution is 7.12. The molecule has 0 saturated heterocycles. The van der Waals surface area contributed by atoms with Gasteiger partial charge in [0.1, 0.15) is 0 Å². The van der Waals surface area contributed by atoms with Gasteiger partial charge in [0.15, 0.2) is 11.6 Å². The molecule has 0 saturated carbocycles. The largest absolute Gasteiger partial charge is 0.411 e. The summed E-state index contributed by atoms with van der Waals surface area (Å²) in [5.74, 6) is 0.0599. The first kappa shape index (κ1) is 47.6. The van der Waals surface area contributed by atoms with E-state index in [-0.39, 0.29) is 23.1 Å². The number of Topliss-reactive ketones (excluding diaryl/α,β-unsaturated/α-hetero) is 2. The van der Waals surface area contributed by atoms with Crippen LogP contribution in [0.25, 0.3) is 55.0 Å². The quantitative estimate of drug-likeness (QED) is 0.0271. The van der Waals surface area contributed by atoms with Crippen molar-refractivity contribution in [2.24, 2.45) is 10.3 Å². The molecule has 10 aromatic rings. The Morgan fingerprint density at radius 3 is 1.07 bits per heavy atom. The molecule has 0 aliphatic rings. The lowest BCUT2D eigenvalue weighted by Gasteiger charge is -2.09. The van der Waals surface area contributed by atoms with Gasteiger partial charge in [0.05, 0.1) is 43.2 Å². The van der Waals surface area contributed by atoms with E-state index in [0.29, 0.717) is 56.3 Å². The molecule has 0 spiro atoms. The van der Waals surface area contributed by atoms with Crippen LogP contribution in [0.15, 0.2) is 167 Å². The Morgan fingerprint density at radius 1 is 0.417 bits per heavy atom. The van der Waals surface area contributed by atoms with Crippen LogP contribution in [0.3, 0.4) is 0 Å². The van der Waals surface area contributed by atoms with E-state index in [0.717, 1.165) is 105 Å². The maximum atomic E-state index is 13.7. The number of unbranched alkanes of at least 4 members (excludes halogenated alkanes) is 5. The van der Waals surface area contributed by atoms with Crippen molar-refractivity contribution in [3.8, 4) is 11.4 Å². The van der Waals surface area contributed by atoms with Crippen molar-refractivity contribution in [1.82, 2.24) is 9.13 Å². The predicted molar refractivity (Wildman–Crippen MR) is 291 cm³/mol. The normalized spacial score (nSPS) is 12.1. The van der Waals surface area contributed by atoms with Crippen LogP contribution >= 0.6 is 22.7 Å². The maximum Gasteiger partial charge on any atom is 0.202 e. The summed E-state index contributed by atoms with van der Waals surface area (Å²) >= 11 is 2.82. The van der Waals surface area contributed by atoms with Gasteiger partial charge in [-0.2, -0.15) is 0 Å². The third-order valence-electron chi connectivity index (χ3n) is 13.6. The van der Waals surface area contributed by atoms with Gasteiger partial charge in [-0.3, -0.25) is 19.2 Å². The summed E-state index contributed by atoms with van der Waals surface area (Å²) in [6.07, 6.45) is 6.09. The molecule has 2 N–H and O–H groups in total. The highest BCUT2D eigenvalue weighted by Crippen LogP contribution is 2.37. The second-order valence-electron chi connectivity index (χ2n) is 18.1. The number of hydrogen-bond acceptors (Lipinski definition) is 10. The number of ketones is 4. The monoisotopic (exact) mass is 986 g/mol. The Kier molecular flexibility index (Phi) is 13.7. The molecular formula is C60H50N4O6S2. The summed E-state index contributed by atoms with van der Waals surface area (Å²) in [4.78, 5) is 55.7. The Labute approximate surface area is 423 Å². The number of aromatic nitrogens is 2. The van der Waals surface area contributed by atoms with E-state index in [1.54, 1.807) is 13.8 Å². The van der Waals surface area contributed by atoms with Gasteiger partial charge in [-0.05, 0) is 158 Å². The van der Waals surface area contributed by atoms with Crippen molar-refractivity contribution < 1.29 is 29.6 Å². The Morgan fingerprint density at radius 2 is 0.736 bits per heavy atom. The molecule has 6 aromatic carbocycles. The van der Waals surface area contributed by atoms with Gasteiger partial charge >= 0.3 is 0 Å². The van der Waals surface area contributed by atoms with E-state index in [9.17, 15) is 29.6 Å². The molecule has 10 nitrogen and oxygen atoms in total. The van der Waals surface area contributed by atoms with Crippen molar-refractivity contribution in [2.75, 3.05) is 0 Å². The first-order chi connectivity index (χ1) is 35.1. The zero-order chi connectivity index (χ0) is 49.9. The third-order valence-corrected chi connectivity index (χ3v) is 15.4. The molecule has 10 rings (SSSR count). The van der Waals surface area contributed by atoms with Crippen molar-refractivity contribution in [3.63, 3.8) is 0 Å². The van der Waals surface area contributed by atoms with Crippen molar-refractivity contribution >= 4 is 101 Å². The minimum atomic E-state index is -0.0430. The first-order valence-corrected chi connectivity index (χ1v) is 25.9. The summed E-state index contributed by atoms with van der Waals surface area (Å²) in [6, 6.07) is 46.1. The number of carbonyl (C=O) groups is 4. The number of thiophene rings is 2. The minimum absolute atomic E-state index is 0.0430. The second kappa shape index (κ2) is 20.7. The van der Waals surface area contributed by atoms with Gasteiger partial charge in [-0.15, -0.1) is 22.7 Å². The molecule has 0 bridgehead atoms. The fourth-order valence-corrected chi connectivity index (χ4v) is 11.1. The van der Waals surface area contributed by atoms with Crippen molar-refractivity contribution in [3.05, 3.63) is 199 Å². The lowest BCUT2D eigenvalue weighted by atomic mass is 9.99. The van der Waals surface area contributed by atoms with E-state index in [1.165, 1.54) is 22.7 Å². The molecule has 4 aromatic heterocycles. The molecule has 0 radical (unpaired) electrons. The topological polar surface area (TPSA) is 143 Å². The Hall–Kier alpha value is -8.06. The molecule has 72 heavy (non-hydrogen) atoms. The number of nitrogens with zero attached hydrogens (tertiary/aromatic N) is 4. The third kappa shape index (κ3) is 9.34. The van der Waals surface area contributed by atoms with Crippen LogP contribution in [-0.4, -0.2) is 54.1 Å². The highest BCUT2D eigenvalue weighted by atomic mass is 32.1. The Balaban J connectivity index is 0.786. The van der Waals surface area contributed by atoms with E-state index < -0.39 is 0 Å². The van der Waals surface area contributed by atoms with Gasteiger partial charge in [0.2, 0.25) is 11.6 Å². The summed E-state index contributed by atoms with van der Waals surface area (Å²) in [6.45, 7) is 3.48. The van der Waals surface area contributed by atoms with E-state index >= 15 is 0 Å². The summed E-state index contributed by atoms with van der Waals surface area (Å²) in [5, 5.41) is 32.6. The molecule has 0 atom stereocenters. The lowest BCUT2D eigenvalue weighted by molar-refractivity contribution is 0.0970. The number of oxime groups is 2. The number of benzene rings is 6. The lowest BCUT2D eigenvalue weighted by Crippen LogP contribution is -2.00. The molecular weight excluding hydrogens is 937 g/mol. The van der Waals surface area contributed by atoms with Crippen LogP contribution in [0.2, 0.25) is 0 Å². The van der Waals surface area contributed by atoms with Crippen LogP contribution < -0.4 is 0 Å². The van der Waals surface area contributed by atoms with Crippen molar-refractivity contribution in [1.29, 1.82) is 0 Å². The molecule has 358 valence electrons. The number of hydrogen-bond donors (Lipinski definition) is 2. The Bertz CT molecular complexity index is 3500. The molecule has 0 fully saturated rings. The number of fused-ring (bicyclic) bond motifs is 6. The van der Waals surface area contributed by atoms with E-state index in [2.05, 4.69) is 19.4 Å². The van der Waals surface area contributed by atoms with Gasteiger partial charge in [-0.1, -0.05) is 72.4 Å². The molecule has 0 aliphatic carbocycles. The van der Waals surface area contributed by atoms with Crippen molar-refractivity contribution in [2.45, 2.75) is 65.2 Å². The second-order valence-corrected chi connectivity index (χ2v) is 20.0. The van der Waals surface area contributed by atoms with Crippen LogP contribution in [0.1, 0.15) is 128 Å². The molecule has 0 amide bonds. The van der Waals surface area contributed by atoms with Gasteiger partial charge in [0, 0.05) is 68.0 Å². The zero-order valence-electron chi connectivity index (χ0n) is 39.8. The summed E-state index contributed by atoms with van der Waals surface area (Å²) < 4.78 is 4.26. The van der Waals surface area contributed by atoms with Gasteiger partial charge in [-0.25, -0.2) is 0 Å². The van der Waals surface area contributed by atoms with Crippen LogP contribution in [0.5, 0.6) is 0 Å². The van der Waals surface area contributed by atoms with E-state index in [4.69, 9.17) is 0 Å². The van der Waals surface area contributed by atoms with Crippen LogP contribution in [-0.2, 0) is 0 Å². The molecule has 0 aliphatic heterocycles. The summed E-state index contributed by atoms with van der Waals surface area (Å²) in [7, 11) is 0. The van der Waals surface area contributed by atoms with Crippen LogP contribution in [0, 0.1) is 0 Å². The zero-order valence-corrected chi connectivity index (χ0v) is 41.4. The number of rotatable bonds is 19. The maximum absolute atomic E-state index is 13.7. The molecule has 12 heteroatoms. The fourth-order valence-electron chi connectivity index (χ4n) is 9.72. The smallest absolute Gasteiger partial charge is 0.202 e. The predicted octanol–water partition coefficient (Wildman–Crippen LogP) is 15.0. The van der Waals surface area contributed by atoms with Gasteiger partial charge in [0.25, 0.3) is 0 Å². The van der Waals surface area contributed by atoms with Gasteiger partial charge < -0.3 is 19.5 Å². The van der Waals surface area contributed by atoms with Crippen LogP contribution in [0.4, 0.5) is 0 Å². The SMILES string of the molecule is C/C(=N\O)c1ccc(-n2c3ccc(C(=O)CCCCCCCCC(=O)c4ccc5c(c4)c4cc(C(=O)c6cccs6)ccc4n5-c4ccc(/C(C)=N/O)cc4)cc3c3cc(C(=O)c4cccs4)ccc32)cc1. The van der Waals surface area contributed by atoms with E-state index in [1.807, 2.05) is 156 Å². The highest BCUT2D eigenvalue weighted by Gasteiger charge is 2.21. The average Bonchev–Trinajstić information content (AvgIpc) is 4.27. The molecule has 0 unspecified atom stereocenters. The molecule has 4 heterocycles. The number of carbonyl (C=O) groups excluding carboxylic acids is 4. The average molecular weight is 987 g/mol. The fraction of sp³-hybridized carbons (Fsp3) is 0.167. The standard InChI is InChI=1S/C60H50N4O6S2/c1-37(61-69)39-15-23-45(24-16-39)63-51-27-19-41(33-47(51)49-35-43(21-29-53(49)63)59(67)57-13-9-31-71-57)55(65)11-7-5-3-4-6-8-12-56(66)42-20-28-52-48(34-42)50-36-44(60(68)58-14-10-32-72-58)22-30-54(50)64(52)46-25-17-40(18-26-46)38(2)62-70/h9-10,13-36,69-70H,3-8,11-12H2,1-2H3/b61-37+,62-38+. The minimum Gasteiger partial charge on any atom is -0.411 e. The summed E-state index contributed by atoms with van der Waals surface area (Å²) in [5.41, 5.74) is 10.5. The first-order valence-electron chi connectivity index (χ1n) is 24.1.